The molecule has 1 fully saturated rings. The highest BCUT2D eigenvalue weighted by molar-refractivity contribution is 4.91. The molecule has 0 radical (unpaired) electrons. The van der Waals surface area contributed by atoms with Gasteiger partial charge in [-0.1, -0.05) is 20.8 Å². The maximum Gasteiger partial charge on any atom is 0.0654 e. The Morgan fingerprint density at radius 1 is 1.23 bits per heavy atom. The topological polar surface area (TPSA) is 23.5 Å². The lowest BCUT2D eigenvalue weighted by molar-refractivity contribution is -0.0671. The summed E-state index contributed by atoms with van der Waals surface area (Å²) < 4.78 is 0. The minimum absolute atomic E-state index is 0.0207. The van der Waals surface area contributed by atoms with Gasteiger partial charge in [0.2, 0.25) is 0 Å². The van der Waals surface area contributed by atoms with E-state index in [-0.39, 0.29) is 5.41 Å². The molecule has 1 aliphatic heterocycles. The molecule has 1 saturated heterocycles. The quantitative estimate of drug-likeness (QED) is 0.724. The molecule has 1 aliphatic rings. The SMILES string of the molecule is CC1CN(CC(C)(C)C(C)(C)O)C1. The van der Waals surface area contributed by atoms with E-state index in [4.69, 9.17) is 0 Å². The van der Waals surface area contributed by atoms with Gasteiger partial charge in [0.25, 0.3) is 0 Å². The molecule has 0 atom stereocenters. The summed E-state index contributed by atoms with van der Waals surface area (Å²) in [6.45, 7) is 13.7. The summed E-state index contributed by atoms with van der Waals surface area (Å²) >= 11 is 0. The Balaban J connectivity index is 2.43. The summed E-state index contributed by atoms with van der Waals surface area (Å²) in [6.07, 6.45) is 0. The second kappa shape index (κ2) is 3.25. The monoisotopic (exact) mass is 185 g/mol. The molecule has 0 amide bonds. The maximum absolute atomic E-state index is 9.95. The van der Waals surface area contributed by atoms with Crippen LogP contribution < -0.4 is 0 Å². The molecule has 0 spiro atoms. The third kappa shape index (κ3) is 2.44. The van der Waals surface area contributed by atoms with Gasteiger partial charge in [-0.3, -0.25) is 0 Å². The average Bonchev–Trinajstić information content (AvgIpc) is 1.80. The summed E-state index contributed by atoms with van der Waals surface area (Å²) in [5.41, 5.74) is -0.612. The van der Waals surface area contributed by atoms with Gasteiger partial charge in [0.1, 0.15) is 0 Å². The second-order valence-corrected chi connectivity index (χ2v) is 5.74. The largest absolute Gasteiger partial charge is 0.390 e. The molecule has 0 unspecified atom stereocenters. The van der Waals surface area contributed by atoms with Crippen molar-refractivity contribution in [2.45, 2.75) is 40.2 Å². The summed E-state index contributed by atoms with van der Waals surface area (Å²) in [5.74, 6) is 0.845. The van der Waals surface area contributed by atoms with Gasteiger partial charge in [-0.2, -0.15) is 0 Å². The molecule has 2 nitrogen and oxygen atoms in total. The normalized spacial score (nSPS) is 21.7. The van der Waals surface area contributed by atoms with Gasteiger partial charge in [-0.05, 0) is 19.8 Å². The van der Waals surface area contributed by atoms with E-state index in [0.717, 1.165) is 12.5 Å². The Morgan fingerprint density at radius 3 is 2.00 bits per heavy atom. The van der Waals surface area contributed by atoms with Gasteiger partial charge in [0.15, 0.2) is 0 Å². The highest BCUT2D eigenvalue weighted by Gasteiger charge is 2.38. The first-order valence-electron chi connectivity index (χ1n) is 5.17. The van der Waals surface area contributed by atoms with E-state index in [0.29, 0.717) is 0 Å². The van der Waals surface area contributed by atoms with E-state index in [9.17, 15) is 5.11 Å². The van der Waals surface area contributed by atoms with E-state index >= 15 is 0 Å². The lowest BCUT2D eigenvalue weighted by atomic mass is 9.76. The van der Waals surface area contributed by atoms with Gasteiger partial charge in [0.05, 0.1) is 5.60 Å². The van der Waals surface area contributed by atoms with Crippen molar-refractivity contribution >= 4 is 0 Å². The van der Waals surface area contributed by atoms with Crippen molar-refractivity contribution in [1.29, 1.82) is 0 Å². The van der Waals surface area contributed by atoms with E-state index in [1.54, 1.807) is 0 Å². The van der Waals surface area contributed by atoms with Crippen LogP contribution in [0.3, 0.4) is 0 Å². The summed E-state index contributed by atoms with van der Waals surface area (Å²) in [7, 11) is 0. The lowest BCUT2D eigenvalue weighted by Crippen LogP contribution is -2.54. The van der Waals surface area contributed by atoms with Crippen molar-refractivity contribution in [1.82, 2.24) is 4.90 Å². The Morgan fingerprint density at radius 2 is 1.69 bits per heavy atom. The fourth-order valence-electron chi connectivity index (χ4n) is 1.71. The summed E-state index contributed by atoms with van der Waals surface area (Å²) in [5, 5.41) is 9.95. The van der Waals surface area contributed by atoms with Crippen LogP contribution in [0.15, 0.2) is 0 Å². The number of hydrogen-bond donors (Lipinski definition) is 1. The van der Waals surface area contributed by atoms with Gasteiger partial charge in [0, 0.05) is 25.0 Å². The van der Waals surface area contributed by atoms with Crippen LogP contribution in [-0.4, -0.2) is 35.2 Å². The first-order valence-corrected chi connectivity index (χ1v) is 5.17. The van der Waals surface area contributed by atoms with Crippen LogP contribution >= 0.6 is 0 Å². The van der Waals surface area contributed by atoms with Crippen LogP contribution in [0.25, 0.3) is 0 Å². The number of likely N-dealkylation sites (tertiary alicyclic amines) is 1. The Labute approximate surface area is 81.9 Å². The highest BCUT2D eigenvalue weighted by Crippen LogP contribution is 2.33. The number of nitrogens with zero attached hydrogens (tertiary/aromatic N) is 1. The fraction of sp³-hybridized carbons (Fsp3) is 1.00. The zero-order chi connectivity index (χ0) is 10.3. The zero-order valence-electron chi connectivity index (χ0n) is 9.59. The van der Waals surface area contributed by atoms with Crippen LogP contribution in [0, 0.1) is 11.3 Å². The van der Waals surface area contributed by atoms with Crippen molar-refractivity contribution in [2.75, 3.05) is 19.6 Å². The van der Waals surface area contributed by atoms with Crippen LogP contribution in [0.5, 0.6) is 0 Å². The van der Waals surface area contributed by atoms with E-state index < -0.39 is 5.60 Å². The molecule has 78 valence electrons. The van der Waals surface area contributed by atoms with Gasteiger partial charge >= 0.3 is 0 Å². The Kier molecular flexibility index (Phi) is 2.75. The predicted octanol–water partition coefficient (Wildman–Crippen LogP) is 1.74. The van der Waals surface area contributed by atoms with Crippen molar-refractivity contribution in [3.05, 3.63) is 0 Å². The maximum atomic E-state index is 9.95. The standard InChI is InChI=1S/C11H23NO/c1-9-6-12(7-9)8-10(2,3)11(4,5)13/h9,13H,6-8H2,1-5H3. The van der Waals surface area contributed by atoms with Crippen LogP contribution in [0.1, 0.15) is 34.6 Å². The number of rotatable bonds is 3. The van der Waals surface area contributed by atoms with Crippen LogP contribution in [0.2, 0.25) is 0 Å². The molecule has 1 rings (SSSR count). The van der Waals surface area contributed by atoms with E-state index in [1.807, 2.05) is 13.8 Å². The van der Waals surface area contributed by atoms with Gasteiger partial charge in [-0.25, -0.2) is 0 Å². The van der Waals surface area contributed by atoms with E-state index in [1.165, 1.54) is 13.1 Å². The molecule has 0 aliphatic carbocycles. The zero-order valence-corrected chi connectivity index (χ0v) is 9.59. The molecule has 0 aromatic rings. The smallest absolute Gasteiger partial charge is 0.0654 e. The molecule has 1 heterocycles. The average molecular weight is 185 g/mol. The van der Waals surface area contributed by atoms with Crippen LogP contribution in [-0.2, 0) is 0 Å². The van der Waals surface area contributed by atoms with Crippen molar-refractivity contribution in [2.24, 2.45) is 11.3 Å². The number of hydrogen-bond acceptors (Lipinski definition) is 2. The summed E-state index contributed by atoms with van der Waals surface area (Å²) in [4.78, 5) is 2.42. The molecular formula is C11H23NO. The third-order valence-electron chi connectivity index (χ3n) is 3.41. The van der Waals surface area contributed by atoms with Gasteiger partial charge < -0.3 is 10.0 Å². The number of aliphatic hydroxyl groups is 1. The molecule has 2 heteroatoms. The minimum Gasteiger partial charge on any atom is -0.390 e. The molecule has 0 aromatic heterocycles. The van der Waals surface area contributed by atoms with Crippen LogP contribution in [0.4, 0.5) is 0 Å². The second-order valence-electron chi connectivity index (χ2n) is 5.74. The molecule has 0 bridgehead atoms. The predicted molar refractivity (Wildman–Crippen MR) is 55.7 cm³/mol. The third-order valence-corrected chi connectivity index (χ3v) is 3.41. The Bertz CT molecular complexity index is 175. The summed E-state index contributed by atoms with van der Waals surface area (Å²) in [6, 6.07) is 0. The molecule has 0 saturated carbocycles. The molecule has 0 aromatic carbocycles. The Hall–Kier alpha value is -0.0800. The first kappa shape index (κ1) is 11.0. The molecule has 1 N–H and O–H groups in total. The van der Waals surface area contributed by atoms with Crippen molar-refractivity contribution in [3.8, 4) is 0 Å². The lowest BCUT2D eigenvalue weighted by Gasteiger charge is -2.46. The van der Waals surface area contributed by atoms with Crippen molar-refractivity contribution in [3.63, 3.8) is 0 Å². The minimum atomic E-state index is -0.591. The molecule has 13 heavy (non-hydrogen) atoms. The van der Waals surface area contributed by atoms with E-state index in [2.05, 4.69) is 25.7 Å². The van der Waals surface area contributed by atoms with Crippen molar-refractivity contribution < 1.29 is 5.11 Å². The first-order chi connectivity index (χ1) is 5.72. The fourth-order valence-corrected chi connectivity index (χ4v) is 1.71. The highest BCUT2D eigenvalue weighted by atomic mass is 16.3. The van der Waals surface area contributed by atoms with Gasteiger partial charge in [-0.15, -0.1) is 0 Å². The molecular weight excluding hydrogens is 162 g/mol.